The first-order valence-electron chi connectivity index (χ1n) is 5.56. The van der Waals surface area contributed by atoms with Gasteiger partial charge in [0.25, 0.3) is 0 Å². The van der Waals surface area contributed by atoms with Crippen LogP contribution in [0.4, 0.5) is 5.82 Å². The van der Waals surface area contributed by atoms with Gasteiger partial charge < -0.3 is 15.2 Å². The second-order valence-corrected chi connectivity index (χ2v) is 3.96. The minimum atomic E-state index is 0.485. The molecule has 1 aromatic rings. The normalized spacial score (nSPS) is 15.1. The van der Waals surface area contributed by atoms with E-state index < -0.39 is 0 Å². The second-order valence-electron chi connectivity index (χ2n) is 3.96. The fourth-order valence-electron chi connectivity index (χ4n) is 1.44. The molecule has 1 fully saturated rings. The lowest BCUT2D eigenvalue weighted by Gasteiger charge is -2.07. The molecule has 1 aromatic heterocycles. The number of hydrogen-bond acceptors (Lipinski definition) is 5. The molecule has 0 bridgehead atoms. The van der Waals surface area contributed by atoms with Crippen LogP contribution >= 0.6 is 0 Å². The van der Waals surface area contributed by atoms with E-state index in [1.54, 1.807) is 13.2 Å². The van der Waals surface area contributed by atoms with Crippen molar-refractivity contribution in [2.45, 2.75) is 25.2 Å². The Morgan fingerprint density at radius 1 is 1.38 bits per heavy atom. The van der Waals surface area contributed by atoms with Gasteiger partial charge in [-0.1, -0.05) is 0 Å². The summed E-state index contributed by atoms with van der Waals surface area (Å²) in [5.74, 6) is 2.37. The topological polar surface area (TPSA) is 70.3 Å². The van der Waals surface area contributed by atoms with Crippen molar-refractivity contribution in [2.24, 2.45) is 0 Å². The minimum absolute atomic E-state index is 0.485. The van der Waals surface area contributed by atoms with E-state index in [1.165, 1.54) is 0 Å². The van der Waals surface area contributed by atoms with Crippen LogP contribution in [0.15, 0.2) is 6.07 Å². The van der Waals surface area contributed by atoms with Crippen molar-refractivity contribution in [2.75, 3.05) is 26.1 Å². The largest absolute Gasteiger partial charge is 0.477 e. The third kappa shape index (κ3) is 3.06. The van der Waals surface area contributed by atoms with E-state index in [4.69, 9.17) is 15.2 Å². The molecular formula is C11H17N3O2. The zero-order chi connectivity index (χ0) is 11.4. The van der Waals surface area contributed by atoms with E-state index in [2.05, 4.69) is 9.97 Å². The van der Waals surface area contributed by atoms with Gasteiger partial charge >= 0.3 is 0 Å². The standard InChI is InChI=1S/C11H17N3O2/c1-15-5-2-6-16-10-7-9(12)13-11(14-10)8-3-4-8/h7-8H,2-6H2,1H3,(H2,12,13,14). The van der Waals surface area contributed by atoms with Crippen molar-refractivity contribution in [1.29, 1.82) is 0 Å². The van der Waals surface area contributed by atoms with Crippen LogP contribution in [-0.2, 0) is 4.74 Å². The van der Waals surface area contributed by atoms with Crippen LogP contribution in [0.1, 0.15) is 31.0 Å². The Hall–Kier alpha value is -1.36. The van der Waals surface area contributed by atoms with Crippen LogP contribution in [0, 0.1) is 0 Å². The van der Waals surface area contributed by atoms with Gasteiger partial charge in [0.1, 0.15) is 11.6 Å². The number of nitrogens with zero attached hydrogens (tertiary/aromatic N) is 2. The molecule has 0 aromatic carbocycles. The Morgan fingerprint density at radius 3 is 2.88 bits per heavy atom. The molecule has 5 nitrogen and oxygen atoms in total. The zero-order valence-corrected chi connectivity index (χ0v) is 9.48. The molecule has 0 unspecified atom stereocenters. The Kier molecular flexibility index (Phi) is 3.56. The van der Waals surface area contributed by atoms with Crippen LogP contribution in [0.2, 0.25) is 0 Å². The predicted octanol–water partition coefficient (Wildman–Crippen LogP) is 1.35. The van der Waals surface area contributed by atoms with E-state index in [9.17, 15) is 0 Å². The van der Waals surface area contributed by atoms with Gasteiger partial charge in [-0.3, -0.25) is 0 Å². The minimum Gasteiger partial charge on any atom is -0.477 e. The third-order valence-corrected chi connectivity index (χ3v) is 2.42. The van der Waals surface area contributed by atoms with E-state index in [0.717, 1.165) is 25.1 Å². The quantitative estimate of drug-likeness (QED) is 0.737. The van der Waals surface area contributed by atoms with Crippen molar-refractivity contribution in [3.05, 3.63) is 11.9 Å². The predicted molar refractivity (Wildman–Crippen MR) is 60.4 cm³/mol. The summed E-state index contributed by atoms with van der Waals surface area (Å²) in [6.45, 7) is 1.28. The number of methoxy groups -OCH3 is 1. The van der Waals surface area contributed by atoms with Crippen molar-refractivity contribution in [3.8, 4) is 5.88 Å². The van der Waals surface area contributed by atoms with Crippen molar-refractivity contribution >= 4 is 5.82 Å². The Morgan fingerprint density at radius 2 is 2.19 bits per heavy atom. The van der Waals surface area contributed by atoms with Crippen LogP contribution < -0.4 is 10.5 Å². The molecule has 1 heterocycles. The van der Waals surface area contributed by atoms with Gasteiger partial charge in [0.05, 0.1) is 6.61 Å². The average molecular weight is 223 g/mol. The molecule has 0 amide bonds. The summed E-state index contributed by atoms with van der Waals surface area (Å²) in [6, 6.07) is 1.67. The molecule has 0 atom stereocenters. The Labute approximate surface area is 95.0 Å². The summed E-state index contributed by atoms with van der Waals surface area (Å²) in [5, 5.41) is 0. The monoisotopic (exact) mass is 223 g/mol. The molecule has 0 radical (unpaired) electrons. The first-order valence-corrected chi connectivity index (χ1v) is 5.56. The first-order chi connectivity index (χ1) is 7.79. The summed E-state index contributed by atoms with van der Waals surface area (Å²) >= 11 is 0. The summed E-state index contributed by atoms with van der Waals surface area (Å²) < 4.78 is 10.4. The molecule has 0 saturated heterocycles. The first kappa shape index (κ1) is 11.1. The molecule has 1 aliphatic rings. The number of rotatable bonds is 6. The summed E-state index contributed by atoms with van der Waals surface area (Å²) in [7, 11) is 1.67. The van der Waals surface area contributed by atoms with Crippen molar-refractivity contribution in [3.63, 3.8) is 0 Å². The highest BCUT2D eigenvalue weighted by molar-refractivity contribution is 5.34. The molecule has 16 heavy (non-hydrogen) atoms. The summed E-state index contributed by atoms with van der Waals surface area (Å²) in [6.07, 6.45) is 3.16. The SMILES string of the molecule is COCCCOc1cc(N)nc(C2CC2)n1. The van der Waals surface area contributed by atoms with E-state index in [0.29, 0.717) is 30.8 Å². The molecule has 0 aliphatic heterocycles. The van der Waals surface area contributed by atoms with Crippen LogP contribution in [0.25, 0.3) is 0 Å². The Balaban J connectivity index is 1.92. The van der Waals surface area contributed by atoms with Gasteiger partial charge in [-0.25, -0.2) is 4.98 Å². The fraction of sp³-hybridized carbons (Fsp3) is 0.636. The lowest BCUT2D eigenvalue weighted by Crippen LogP contribution is -2.06. The second kappa shape index (κ2) is 5.12. The highest BCUT2D eigenvalue weighted by Crippen LogP contribution is 2.38. The zero-order valence-electron chi connectivity index (χ0n) is 9.48. The van der Waals surface area contributed by atoms with Crippen LogP contribution in [0.3, 0.4) is 0 Å². The van der Waals surface area contributed by atoms with Gasteiger partial charge in [0.2, 0.25) is 5.88 Å². The van der Waals surface area contributed by atoms with Crippen molar-refractivity contribution in [1.82, 2.24) is 9.97 Å². The number of nitrogens with two attached hydrogens (primary N) is 1. The van der Waals surface area contributed by atoms with Crippen molar-refractivity contribution < 1.29 is 9.47 Å². The molecule has 2 rings (SSSR count). The lowest BCUT2D eigenvalue weighted by atomic mass is 10.4. The molecule has 2 N–H and O–H groups in total. The smallest absolute Gasteiger partial charge is 0.218 e. The molecule has 88 valence electrons. The van der Waals surface area contributed by atoms with Gasteiger partial charge in [0, 0.05) is 32.1 Å². The van der Waals surface area contributed by atoms with Crippen LogP contribution in [0.5, 0.6) is 5.88 Å². The fourth-order valence-corrected chi connectivity index (χ4v) is 1.44. The maximum Gasteiger partial charge on any atom is 0.218 e. The van der Waals surface area contributed by atoms with Gasteiger partial charge in [-0.2, -0.15) is 4.98 Å². The third-order valence-electron chi connectivity index (χ3n) is 2.42. The van der Waals surface area contributed by atoms with E-state index in [1.807, 2.05) is 0 Å². The number of hydrogen-bond donors (Lipinski definition) is 1. The van der Waals surface area contributed by atoms with E-state index >= 15 is 0 Å². The van der Waals surface area contributed by atoms with Gasteiger partial charge in [-0.15, -0.1) is 0 Å². The summed E-state index contributed by atoms with van der Waals surface area (Å²) in [4.78, 5) is 8.54. The number of aromatic nitrogens is 2. The van der Waals surface area contributed by atoms with Crippen LogP contribution in [-0.4, -0.2) is 30.3 Å². The molecule has 0 spiro atoms. The van der Waals surface area contributed by atoms with Gasteiger partial charge in [-0.05, 0) is 12.8 Å². The maximum absolute atomic E-state index is 5.70. The number of ether oxygens (including phenoxy) is 2. The highest BCUT2D eigenvalue weighted by Gasteiger charge is 2.27. The van der Waals surface area contributed by atoms with E-state index in [-0.39, 0.29) is 0 Å². The number of nitrogen functional groups attached to an aromatic ring is 1. The Bertz CT molecular complexity index is 353. The number of anilines is 1. The molecule has 5 heteroatoms. The molecular weight excluding hydrogens is 206 g/mol. The summed E-state index contributed by atoms with van der Waals surface area (Å²) in [5.41, 5.74) is 5.70. The average Bonchev–Trinajstić information content (AvgIpc) is 3.07. The molecule has 1 aliphatic carbocycles. The lowest BCUT2D eigenvalue weighted by molar-refractivity contribution is 0.170. The van der Waals surface area contributed by atoms with Gasteiger partial charge in [0.15, 0.2) is 0 Å². The highest BCUT2D eigenvalue weighted by atomic mass is 16.5. The maximum atomic E-state index is 5.70. The molecule has 1 saturated carbocycles.